The van der Waals surface area contributed by atoms with E-state index >= 15 is 0 Å². The van der Waals surface area contributed by atoms with Gasteiger partial charge >= 0.3 is 0 Å². The minimum atomic E-state index is -0.805. The Labute approximate surface area is 167 Å². The van der Waals surface area contributed by atoms with Crippen molar-refractivity contribution in [1.29, 1.82) is 0 Å². The molecule has 3 rings (SSSR count). The van der Waals surface area contributed by atoms with Gasteiger partial charge in [-0.1, -0.05) is 35.4 Å². The van der Waals surface area contributed by atoms with Crippen molar-refractivity contribution < 1.29 is 9.53 Å². The number of nitrogens with one attached hydrogen (secondary N) is 1. The highest BCUT2D eigenvalue weighted by Gasteiger charge is 2.17. The summed E-state index contributed by atoms with van der Waals surface area (Å²) >= 11 is 6.04. The van der Waals surface area contributed by atoms with E-state index in [1.807, 2.05) is 38.1 Å². The molecule has 1 heterocycles. The number of rotatable bonds is 5. The first-order chi connectivity index (χ1) is 13.3. The average molecular weight is 398 g/mol. The lowest BCUT2D eigenvalue weighted by atomic mass is 10.2. The monoisotopic (exact) mass is 397 g/mol. The number of aryl methyl sites for hydroxylation is 2. The number of carbonyl (C=O) groups excluding carboxylic acids is 1. The van der Waals surface area contributed by atoms with Crippen molar-refractivity contribution in [2.75, 3.05) is 5.32 Å². The second-order valence-electron chi connectivity index (χ2n) is 6.47. The fourth-order valence-corrected chi connectivity index (χ4v) is 2.72. The molecule has 0 aliphatic carbocycles. The number of benzene rings is 2. The van der Waals surface area contributed by atoms with Crippen molar-refractivity contribution in [1.82, 2.24) is 9.78 Å². The molecule has 0 saturated carbocycles. The number of halogens is 1. The maximum atomic E-state index is 12.4. The molecule has 0 aliphatic rings. The van der Waals surface area contributed by atoms with E-state index in [0.29, 0.717) is 16.4 Å². The zero-order valence-corrected chi connectivity index (χ0v) is 16.5. The second kappa shape index (κ2) is 8.27. The molecule has 28 heavy (non-hydrogen) atoms. The first-order valence-corrected chi connectivity index (χ1v) is 9.12. The number of aromatic nitrogens is 2. The summed E-state index contributed by atoms with van der Waals surface area (Å²) < 4.78 is 6.85. The van der Waals surface area contributed by atoms with Gasteiger partial charge in [0.2, 0.25) is 5.88 Å². The summed E-state index contributed by atoms with van der Waals surface area (Å²) in [5, 5.41) is 7.51. The molecule has 6 nitrogen and oxygen atoms in total. The zero-order chi connectivity index (χ0) is 20.3. The Bertz CT molecular complexity index is 1060. The molecule has 144 valence electrons. The van der Waals surface area contributed by atoms with E-state index < -0.39 is 6.10 Å². The number of carbonyl (C=O) groups is 1. The average Bonchev–Trinajstić information content (AvgIpc) is 2.67. The van der Waals surface area contributed by atoms with Gasteiger partial charge in [0.1, 0.15) is 0 Å². The van der Waals surface area contributed by atoms with E-state index in [0.717, 1.165) is 11.1 Å². The van der Waals surface area contributed by atoms with Crippen LogP contribution in [0.2, 0.25) is 5.02 Å². The number of hydrogen-bond donors (Lipinski definition) is 1. The van der Waals surface area contributed by atoms with Gasteiger partial charge in [-0.3, -0.25) is 9.59 Å². The summed E-state index contributed by atoms with van der Waals surface area (Å²) in [6, 6.07) is 15.4. The van der Waals surface area contributed by atoms with Crippen LogP contribution in [0.5, 0.6) is 5.88 Å². The molecule has 0 saturated heterocycles. The maximum absolute atomic E-state index is 12.4. The predicted molar refractivity (Wildman–Crippen MR) is 109 cm³/mol. The van der Waals surface area contributed by atoms with Gasteiger partial charge in [0.15, 0.2) is 6.10 Å². The van der Waals surface area contributed by atoms with Crippen molar-refractivity contribution in [3.05, 3.63) is 81.1 Å². The van der Waals surface area contributed by atoms with E-state index in [1.165, 1.54) is 16.8 Å². The molecule has 0 radical (unpaired) electrons. The van der Waals surface area contributed by atoms with Gasteiger partial charge in [0, 0.05) is 22.8 Å². The SMILES string of the molecule is Cc1ccc(NC(=O)[C@H](C)Oc2ccc(=O)n(-c3cc(Cl)ccc3C)n2)cc1. The lowest BCUT2D eigenvalue weighted by molar-refractivity contribution is -0.122. The summed E-state index contributed by atoms with van der Waals surface area (Å²) in [6.07, 6.45) is -0.805. The van der Waals surface area contributed by atoms with E-state index in [2.05, 4.69) is 10.4 Å². The number of nitrogens with zero attached hydrogens (tertiary/aromatic N) is 2. The third-order valence-corrected chi connectivity index (χ3v) is 4.40. The van der Waals surface area contributed by atoms with Crippen LogP contribution >= 0.6 is 11.6 Å². The number of amides is 1. The predicted octanol–water partition coefficient (Wildman–Crippen LogP) is 3.91. The van der Waals surface area contributed by atoms with Crippen LogP contribution in [0, 0.1) is 13.8 Å². The zero-order valence-electron chi connectivity index (χ0n) is 15.8. The number of anilines is 1. The minimum Gasteiger partial charge on any atom is -0.463 e. The first-order valence-electron chi connectivity index (χ1n) is 8.74. The van der Waals surface area contributed by atoms with Crippen LogP contribution < -0.4 is 15.6 Å². The standard InChI is InChI=1S/C21H20ClN3O3/c1-13-4-8-17(9-5-13)23-21(27)15(3)28-19-10-11-20(26)25(24-19)18-12-16(22)7-6-14(18)2/h4-12,15H,1-3H3,(H,23,27)/t15-/m0/s1. The molecule has 0 aliphatic heterocycles. The molecule has 3 aromatic rings. The summed E-state index contributed by atoms with van der Waals surface area (Å²) in [5.41, 5.74) is 2.85. The summed E-state index contributed by atoms with van der Waals surface area (Å²) in [4.78, 5) is 24.6. The van der Waals surface area contributed by atoms with Crippen molar-refractivity contribution >= 4 is 23.2 Å². The molecule has 0 fully saturated rings. The normalized spacial score (nSPS) is 11.7. The molecule has 1 N–H and O–H groups in total. The molecule has 1 atom stereocenters. The van der Waals surface area contributed by atoms with E-state index in [9.17, 15) is 9.59 Å². The fraction of sp³-hybridized carbons (Fsp3) is 0.190. The number of ether oxygens (including phenoxy) is 1. The second-order valence-corrected chi connectivity index (χ2v) is 6.90. The molecule has 0 bridgehead atoms. The lowest BCUT2D eigenvalue weighted by Crippen LogP contribution is -2.31. The van der Waals surface area contributed by atoms with Gasteiger partial charge < -0.3 is 10.1 Å². The van der Waals surface area contributed by atoms with Crippen LogP contribution in [0.15, 0.2) is 59.4 Å². The van der Waals surface area contributed by atoms with Crippen LogP contribution in [-0.2, 0) is 4.79 Å². The Balaban J connectivity index is 1.79. The highest BCUT2D eigenvalue weighted by molar-refractivity contribution is 6.30. The van der Waals surface area contributed by atoms with Gasteiger partial charge in [-0.05, 0) is 50.6 Å². The smallest absolute Gasteiger partial charge is 0.271 e. The fourth-order valence-electron chi connectivity index (χ4n) is 2.56. The first kappa shape index (κ1) is 19.6. The van der Waals surface area contributed by atoms with Crippen LogP contribution in [0.1, 0.15) is 18.1 Å². The van der Waals surface area contributed by atoms with Gasteiger partial charge in [-0.25, -0.2) is 0 Å². The lowest BCUT2D eigenvalue weighted by Gasteiger charge is -2.15. The highest BCUT2D eigenvalue weighted by Crippen LogP contribution is 2.18. The Kier molecular flexibility index (Phi) is 5.80. The van der Waals surface area contributed by atoms with Crippen LogP contribution in [-0.4, -0.2) is 21.8 Å². The van der Waals surface area contributed by atoms with Gasteiger partial charge in [0.05, 0.1) is 5.69 Å². The van der Waals surface area contributed by atoms with E-state index in [-0.39, 0.29) is 17.3 Å². The van der Waals surface area contributed by atoms with Gasteiger partial charge in [-0.15, -0.1) is 5.10 Å². The Morgan fingerprint density at radius 2 is 1.82 bits per heavy atom. The topological polar surface area (TPSA) is 73.2 Å². The molecule has 7 heteroatoms. The summed E-state index contributed by atoms with van der Waals surface area (Å²) in [6.45, 7) is 5.44. The Morgan fingerprint density at radius 3 is 2.54 bits per heavy atom. The minimum absolute atomic E-state index is 0.158. The van der Waals surface area contributed by atoms with Crippen LogP contribution in [0.3, 0.4) is 0 Å². The van der Waals surface area contributed by atoms with Crippen LogP contribution in [0.4, 0.5) is 5.69 Å². The van der Waals surface area contributed by atoms with Crippen molar-refractivity contribution in [3.8, 4) is 11.6 Å². The molecule has 0 spiro atoms. The molecular formula is C21H20ClN3O3. The van der Waals surface area contributed by atoms with Crippen molar-refractivity contribution in [3.63, 3.8) is 0 Å². The van der Waals surface area contributed by atoms with Crippen molar-refractivity contribution in [2.24, 2.45) is 0 Å². The van der Waals surface area contributed by atoms with Gasteiger partial charge in [-0.2, -0.15) is 4.68 Å². The van der Waals surface area contributed by atoms with Crippen LogP contribution in [0.25, 0.3) is 5.69 Å². The summed E-state index contributed by atoms with van der Waals surface area (Å²) in [5.74, 6) is -0.159. The van der Waals surface area contributed by atoms with E-state index in [4.69, 9.17) is 16.3 Å². The van der Waals surface area contributed by atoms with E-state index in [1.54, 1.807) is 25.1 Å². The van der Waals surface area contributed by atoms with Gasteiger partial charge in [0.25, 0.3) is 11.5 Å². The summed E-state index contributed by atoms with van der Waals surface area (Å²) in [7, 11) is 0. The molecule has 1 aromatic heterocycles. The Hall–Kier alpha value is -3.12. The quantitative estimate of drug-likeness (QED) is 0.708. The number of hydrogen-bond acceptors (Lipinski definition) is 4. The molecular weight excluding hydrogens is 378 g/mol. The maximum Gasteiger partial charge on any atom is 0.271 e. The molecule has 0 unspecified atom stereocenters. The largest absolute Gasteiger partial charge is 0.463 e. The third-order valence-electron chi connectivity index (χ3n) is 4.16. The molecule has 2 aromatic carbocycles. The molecule has 1 amide bonds. The third kappa shape index (κ3) is 4.58. The van der Waals surface area contributed by atoms with Crippen molar-refractivity contribution in [2.45, 2.75) is 26.9 Å². The highest BCUT2D eigenvalue weighted by atomic mass is 35.5. The Morgan fingerprint density at radius 1 is 1.11 bits per heavy atom.